The Labute approximate surface area is 104 Å². The van der Waals surface area contributed by atoms with Crippen molar-refractivity contribution >= 4 is 11.9 Å². The van der Waals surface area contributed by atoms with E-state index in [1.165, 1.54) is 18.3 Å². The lowest BCUT2D eigenvalue weighted by molar-refractivity contribution is -0.125. The molecule has 0 aromatic carbocycles. The van der Waals surface area contributed by atoms with Crippen LogP contribution in [0.1, 0.15) is 22.5 Å². The molecule has 1 amide bonds. The molecule has 1 aromatic heterocycles. The number of hydrogen-bond donors (Lipinski definition) is 2. The Morgan fingerprint density at radius 3 is 3.06 bits per heavy atom. The van der Waals surface area contributed by atoms with Crippen LogP contribution in [0.3, 0.4) is 0 Å². The minimum atomic E-state index is -1.01. The van der Waals surface area contributed by atoms with Gasteiger partial charge in [-0.05, 0) is 18.6 Å². The number of pyridine rings is 1. The van der Waals surface area contributed by atoms with Crippen molar-refractivity contribution in [3.05, 3.63) is 29.6 Å². The fourth-order valence-electron chi connectivity index (χ4n) is 1.77. The van der Waals surface area contributed by atoms with E-state index < -0.39 is 5.97 Å². The van der Waals surface area contributed by atoms with Gasteiger partial charge in [0.1, 0.15) is 0 Å². The van der Waals surface area contributed by atoms with Crippen LogP contribution in [-0.4, -0.2) is 35.2 Å². The van der Waals surface area contributed by atoms with Crippen molar-refractivity contribution in [2.45, 2.75) is 13.0 Å². The van der Waals surface area contributed by atoms with E-state index in [2.05, 4.69) is 10.3 Å². The Morgan fingerprint density at radius 2 is 2.39 bits per heavy atom. The molecule has 0 saturated carbocycles. The van der Waals surface area contributed by atoms with Crippen molar-refractivity contribution in [2.24, 2.45) is 5.92 Å². The molecule has 6 heteroatoms. The average molecular weight is 250 g/mol. The average Bonchev–Trinajstić information content (AvgIpc) is 2.90. The van der Waals surface area contributed by atoms with Crippen LogP contribution in [0.15, 0.2) is 18.3 Å². The molecule has 18 heavy (non-hydrogen) atoms. The van der Waals surface area contributed by atoms with Crippen LogP contribution < -0.4 is 5.32 Å². The van der Waals surface area contributed by atoms with E-state index in [-0.39, 0.29) is 23.9 Å². The first-order valence-corrected chi connectivity index (χ1v) is 5.70. The van der Waals surface area contributed by atoms with Crippen molar-refractivity contribution in [1.29, 1.82) is 0 Å². The summed E-state index contributed by atoms with van der Waals surface area (Å²) >= 11 is 0. The number of carbonyl (C=O) groups excluding carboxylic acids is 1. The van der Waals surface area contributed by atoms with Gasteiger partial charge in [0.2, 0.25) is 5.91 Å². The van der Waals surface area contributed by atoms with Crippen molar-refractivity contribution in [1.82, 2.24) is 10.3 Å². The molecule has 6 nitrogen and oxygen atoms in total. The number of aromatic carboxylic acids is 1. The van der Waals surface area contributed by atoms with Gasteiger partial charge in [0.15, 0.2) is 0 Å². The van der Waals surface area contributed by atoms with Crippen LogP contribution in [-0.2, 0) is 16.1 Å². The maximum atomic E-state index is 11.7. The second kappa shape index (κ2) is 5.59. The number of nitrogens with one attached hydrogen (secondary N) is 1. The summed E-state index contributed by atoms with van der Waals surface area (Å²) < 4.78 is 5.13. The lowest BCUT2D eigenvalue weighted by Gasteiger charge is -2.09. The van der Waals surface area contributed by atoms with Crippen LogP contribution in [0, 0.1) is 5.92 Å². The fraction of sp³-hybridized carbons (Fsp3) is 0.417. The molecule has 1 aliphatic heterocycles. The molecule has 1 aliphatic rings. The van der Waals surface area contributed by atoms with Crippen LogP contribution in [0.4, 0.5) is 0 Å². The molecule has 1 atom stereocenters. The molecule has 1 saturated heterocycles. The van der Waals surface area contributed by atoms with Crippen molar-refractivity contribution in [3.63, 3.8) is 0 Å². The minimum absolute atomic E-state index is 0.0740. The number of rotatable bonds is 4. The summed E-state index contributed by atoms with van der Waals surface area (Å²) in [6.07, 6.45) is 2.15. The molecule has 1 unspecified atom stereocenters. The highest BCUT2D eigenvalue weighted by Crippen LogP contribution is 2.12. The predicted octanol–water partition coefficient (Wildman–Crippen LogP) is 0.432. The molecular weight excluding hydrogens is 236 g/mol. The molecule has 0 radical (unpaired) electrons. The smallest absolute Gasteiger partial charge is 0.335 e. The third-order valence-electron chi connectivity index (χ3n) is 2.81. The Morgan fingerprint density at radius 1 is 1.56 bits per heavy atom. The Bertz CT molecular complexity index is 455. The summed E-state index contributed by atoms with van der Waals surface area (Å²) in [5.41, 5.74) is 0.695. The molecule has 0 bridgehead atoms. The SMILES string of the molecule is O=C(O)c1ccnc(CNC(=O)C2CCOC2)c1. The van der Waals surface area contributed by atoms with E-state index in [1.807, 2.05) is 0 Å². The minimum Gasteiger partial charge on any atom is -0.478 e. The van der Waals surface area contributed by atoms with Crippen molar-refractivity contribution < 1.29 is 19.4 Å². The molecule has 2 rings (SSSR count). The predicted molar refractivity (Wildman–Crippen MR) is 62.0 cm³/mol. The molecule has 96 valence electrons. The highest BCUT2D eigenvalue weighted by Gasteiger charge is 2.23. The van der Waals surface area contributed by atoms with Gasteiger partial charge in [0, 0.05) is 12.8 Å². The number of aromatic nitrogens is 1. The standard InChI is InChI=1S/C12H14N2O4/c15-11(9-2-4-18-7-9)14-6-10-5-8(12(16)17)1-3-13-10/h1,3,5,9H,2,4,6-7H2,(H,14,15)(H,16,17). The number of hydrogen-bond acceptors (Lipinski definition) is 4. The zero-order valence-electron chi connectivity index (χ0n) is 9.76. The highest BCUT2D eigenvalue weighted by atomic mass is 16.5. The van der Waals surface area contributed by atoms with Gasteiger partial charge in [-0.15, -0.1) is 0 Å². The molecule has 1 aromatic rings. The van der Waals surface area contributed by atoms with E-state index in [4.69, 9.17) is 9.84 Å². The quantitative estimate of drug-likeness (QED) is 0.809. The van der Waals surface area contributed by atoms with Crippen LogP contribution in [0.5, 0.6) is 0 Å². The van der Waals surface area contributed by atoms with E-state index >= 15 is 0 Å². The van der Waals surface area contributed by atoms with E-state index in [9.17, 15) is 9.59 Å². The van der Waals surface area contributed by atoms with Crippen LogP contribution in [0.2, 0.25) is 0 Å². The number of nitrogens with zero attached hydrogens (tertiary/aromatic N) is 1. The topological polar surface area (TPSA) is 88.5 Å². The van der Waals surface area contributed by atoms with E-state index in [0.717, 1.165) is 6.42 Å². The van der Waals surface area contributed by atoms with Gasteiger partial charge in [-0.25, -0.2) is 4.79 Å². The summed E-state index contributed by atoms with van der Waals surface area (Å²) in [5.74, 6) is -1.18. The fourth-order valence-corrected chi connectivity index (χ4v) is 1.77. The summed E-state index contributed by atoms with van der Waals surface area (Å²) in [7, 11) is 0. The molecule has 0 spiro atoms. The third-order valence-corrected chi connectivity index (χ3v) is 2.81. The number of carbonyl (C=O) groups is 2. The van der Waals surface area contributed by atoms with E-state index in [0.29, 0.717) is 18.9 Å². The van der Waals surface area contributed by atoms with Gasteiger partial charge < -0.3 is 15.2 Å². The maximum Gasteiger partial charge on any atom is 0.335 e. The second-order valence-corrected chi connectivity index (χ2v) is 4.12. The molecule has 1 fully saturated rings. The summed E-state index contributed by atoms with van der Waals surface area (Å²) in [4.78, 5) is 26.5. The monoisotopic (exact) mass is 250 g/mol. The molecule has 2 N–H and O–H groups in total. The van der Waals surface area contributed by atoms with Gasteiger partial charge in [0.25, 0.3) is 0 Å². The van der Waals surface area contributed by atoms with Gasteiger partial charge >= 0.3 is 5.97 Å². The lowest BCUT2D eigenvalue weighted by atomic mass is 10.1. The first-order valence-electron chi connectivity index (χ1n) is 5.70. The van der Waals surface area contributed by atoms with Gasteiger partial charge in [-0.1, -0.05) is 0 Å². The Balaban J connectivity index is 1.91. The normalized spacial score (nSPS) is 18.6. The maximum absolute atomic E-state index is 11.7. The highest BCUT2D eigenvalue weighted by molar-refractivity contribution is 5.87. The molecule has 2 heterocycles. The van der Waals surface area contributed by atoms with Gasteiger partial charge in [-0.3, -0.25) is 9.78 Å². The Hall–Kier alpha value is -1.95. The lowest BCUT2D eigenvalue weighted by Crippen LogP contribution is -2.30. The first kappa shape index (κ1) is 12.5. The van der Waals surface area contributed by atoms with Crippen molar-refractivity contribution in [3.8, 4) is 0 Å². The zero-order chi connectivity index (χ0) is 13.0. The number of carboxylic acid groups (broad SMARTS) is 1. The van der Waals surface area contributed by atoms with E-state index in [1.54, 1.807) is 0 Å². The molecule has 0 aliphatic carbocycles. The number of amides is 1. The largest absolute Gasteiger partial charge is 0.478 e. The Kier molecular flexibility index (Phi) is 3.88. The number of ether oxygens (including phenoxy) is 1. The third kappa shape index (κ3) is 3.04. The van der Waals surface area contributed by atoms with Crippen LogP contribution >= 0.6 is 0 Å². The second-order valence-electron chi connectivity index (χ2n) is 4.12. The summed E-state index contributed by atoms with van der Waals surface area (Å²) in [6, 6.07) is 2.87. The summed E-state index contributed by atoms with van der Waals surface area (Å²) in [6.45, 7) is 1.30. The first-order chi connectivity index (χ1) is 8.66. The number of carboxylic acids is 1. The van der Waals surface area contributed by atoms with Gasteiger partial charge in [-0.2, -0.15) is 0 Å². The molecular formula is C12H14N2O4. The van der Waals surface area contributed by atoms with Crippen molar-refractivity contribution in [2.75, 3.05) is 13.2 Å². The summed E-state index contributed by atoms with van der Waals surface area (Å²) in [5, 5.41) is 11.6. The zero-order valence-corrected chi connectivity index (χ0v) is 9.76. The van der Waals surface area contributed by atoms with Gasteiger partial charge in [0.05, 0.1) is 30.3 Å². The van der Waals surface area contributed by atoms with Crippen LogP contribution in [0.25, 0.3) is 0 Å².